The molecule has 0 unspecified atom stereocenters. The third-order valence-electron chi connectivity index (χ3n) is 3.83. The van der Waals surface area contributed by atoms with Crippen molar-refractivity contribution in [1.82, 2.24) is 10.3 Å². The van der Waals surface area contributed by atoms with E-state index in [2.05, 4.69) is 50.0 Å². The number of nitrogens with one attached hydrogen (secondary N) is 1. The van der Waals surface area contributed by atoms with Crippen LogP contribution in [0.3, 0.4) is 0 Å². The van der Waals surface area contributed by atoms with Gasteiger partial charge in [-0.2, -0.15) is 0 Å². The molecule has 0 bridgehead atoms. The molecule has 2 rings (SSSR count). The van der Waals surface area contributed by atoms with Crippen LogP contribution in [0.5, 0.6) is 0 Å². The number of hydrogen-bond acceptors (Lipinski definition) is 3. The summed E-state index contributed by atoms with van der Waals surface area (Å²) in [6.45, 7) is 12.0. The molecule has 1 fully saturated rings. The predicted molar refractivity (Wildman–Crippen MR) is 86.2 cm³/mol. The Labute approximate surface area is 123 Å². The van der Waals surface area contributed by atoms with Crippen LogP contribution in [0.2, 0.25) is 0 Å². The lowest BCUT2D eigenvalue weighted by Gasteiger charge is -2.28. The zero-order valence-corrected chi connectivity index (χ0v) is 13.4. The van der Waals surface area contributed by atoms with Crippen LogP contribution in [0.1, 0.15) is 51.3 Å². The van der Waals surface area contributed by atoms with Crippen molar-refractivity contribution in [3.63, 3.8) is 0 Å². The molecule has 1 aromatic heterocycles. The monoisotopic (exact) mass is 275 g/mol. The van der Waals surface area contributed by atoms with Gasteiger partial charge in [0.15, 0.2) is 0 Å². The minimum absolute atomic E-state index is 0.515. The zero-order valence-electron chi connectivity index (χ0n) is 13.4. The molecule has 0 radical (unpaired) electrons. The topological polar surface area (TPSA) is 28.2 Å². The fourth-order valence-corrected chi connectivity index (χ4v) is 2.53. The summed E-state index contributed by atoms with van der Waals surface area (Å²) >= 11 is 0. The van der Waals surface area contributed by atoms with Gasteiger partial charge < -0.3 is 10.2 Å². The second kappa shape index (κ2) is 7.07. The summed E-state index contributed by atoms with van der Waals surface area (Å²) in [6, 6.07) is 4.97. The Morgan fingerprint density at radius 3 is 2.70 bits per heavy atom. The fraction of sp³-hybridized carbons (Fsp3) is 0.706. The zero-order chi connectivity index (χ0) is 14.5. The van der Waals surface area contributed by atoms with E-state index in [1.165, 1.54) is 24.8 Å². The van der Waals surface area contributed by atoms with Gasteiger partial charge in [0.2, 0.25) is 0 Å². The van der Waals surface area contributed by atoms with Crippen LogP contribution in [-0.2, 0) is 6.54 Å². The number of rotatable bonds is 8. The molecule has 0 saturated heterocycles. The van der Waals surface area contributed by atoms with E-state index in [-0.39, 0.29) is 0 Å². The van der Waals surface area contributed by atoms with Crippen LogP contribution < -0.4 is 10.2 Å². The molecule has 0 atom stereocenters. The molecular formula is C17H29N3. The van der Waals surface area contributed by atoms with Crippen molar-refractivity contribution in [2.45, 2.75) is 59.5 Å². The van der Waals surface area contributed by atoms with Crippen LogP contribution >= 0.6 is 0 Å². The van der Waals surface area contributed by atoms with Gasteiger partial charge in [-0.1, -0.05) is 6.92 Å². The minimum atomic E-state index is 0.515. The fourth-order valence-electron chi connectivity index (χ4n) is 2.53. The Morgan fingerprint density at radius 1 is 1.35 bits per heavy atom. The van der Waals surface area contributed by atoms with Gasteiger partial charge in [0.05, 0.1) is 0 Å². The molecule has 20 heavy (non-hydrogen) atoms. The summed E-state index contributed by atoms with van der Waals surface area (Å²) in [5.74, 6) is 2.04. The van der Waals surface area contributed by atoms with Crippen LogP contribution in [0.15, 0.2) is 12.1 Å². The summed E-state index contributed by atoms with van der Waals surface area (Å²) < 4.78 is 0. The first kappa shape index (κ1) is 15.3. The van der Waals surface area contributed by atoms with E-state index in [4.69, 9.17) is 4.98 Å². The van der Waals surface area contributed by atoms with Crippen LogP contribution in [0, 0.1) is 12.8 Å². The Kier molecular flexibility index (Phi) is 5.41. The quantitative estimate of drug-likeness (QED) is 0.736. The molecular weight excluding hydrogens is 246 g/mol. The lowest BCUT2D eigenvalue weighted by atomic mass is 10.2. The summed E-state index contributed by atoms with van der Waals surface area (Å²) in [5.41, 5.74) is 2.47. The highest BCUT2D eigenvalue weighted by molar-refractivity contribution is 5.43. The highest BCUT2D eigenvalue weighted by Gasteiger charge is 2.26. The van der Waals surface area contributed by atoms with Gasteiger partial charge in [-0.15, -0.1) is 0 Å². The molecule has 0 spiro atoms. The number of aryl methyl sites for hydroxylation is 1. The second-order valence-corrected chi connectivity index (χ2v) is 6.34. The molecule has 3 nitrogen and oxygen atoms in total. The van der Waals surface area contributed by atoms with E-state index in [9.17, 15) is 0 Å². The minimum Gasteiger partial charge on any atom is -0.354 e. The molecule has 1 saturated carbocycles. The largest absolute Gasteiger partial charge is 0.354 e. The van der Waals surface area contributed by atoms with Crippen molar-refractivity contribution in [1.29, 1.82) is 0 Å². The number of aromatic nitrogens is 1. The van der Waals surface area contributed by atoms with E-state index in [0.29, 0.717) is 6.04 Å². The maximum atomic E-state index is 4.76. The van der Waals surface area contributed by atoms with Crippen LogP contribution in [-0.4, -0.2) is 24.1 Å². The Hall–Kier alpha value is -1.09. The Balaban J connectivity index is 2.11. The SMILES string of the molecule is CCCNCc1cc(C)nc(N(CC2CC2)C(C)C)c1. The summed E-state index contributed by atoms with van der Waals surface area (Å²) in [6.07, 6.45) is 3.95. The predicted octanol–water partition coefficient (Wildman–Crippen LogP) is 3.51. The third kappa shape index (κ3) is 4.48. The second-order valence-electron chi connectivity index (χ2n) is 6.34. The first-order valence-electron chi connectivity index (χ1n) is 8.05. The lowest BCUT2D eigenvalue weighted by molar-refractivity contribution is 0.633. The molecule has 0 amide bonds. The van der Waals surface area contributed by atoms with Crippen molar-refractivity contribution in [2.24, 2.45) is 5.92 Å². The normalized spacial score (nSPS) is 14.8. The lowest BCUT2D eigenvalue weighted by Crippen LogP contribution is -2.33. The van der Waals surface area contributed by atoms with Gasteiger partial charge >= 0.3 is 0 Å². The van der Waals surface area contributed by atoms with E-state index in [1.807, 2.05) is 0 Å². The van der Waals surface area contributed by atoms with Crippen molar-refractivity contribution >= 4 is 5.82 Å². The first-order valence-corrected chi connectivity index (χ1v) is 8.05. The van der Waals surface area contributed by atoms with Crippen molar-refractivity contribution < 1.29 is 0 Å². The van der Waals surface area contributed by atoms with Gasteiger partial charge in [0.25, 0.3) is 0 Å². The maximum absolute atomic E-state index is 4.76. The van der Waals surface area contributed by atoms with E-state index >= 15 is 0 Å². The smallest absolute Gasteiger partial charge is 0.129 e. The van der Waals surface area contributed by atoms with Gasteiger partial charge in [0.1, 0.15) is 5.82 Å². The maximum Gasteiger partial charge on any atom is 0.129 e. The Bertz CT molecular complexity index is 424. The molecule has 0 aliphatic heterocycles. The molecule has 1 heterocycles. The van der Waals surface area contributed by atoms with E-state index in [1.54, 1.807) is 0 Å². The molecule has 3 heteroatoms. The van der Waals surface area contributed by atoms with Gasteiger partial charge in [-0.3, -0.25) is 0 Å². The first-order chi connectivity index (χ1) is 9.60. The highest BCUT2D eigenvalue weighted by atomic mass is 15.2. The average molecular weight is 275 g/mol. The molecule has 1 aromatic rings. The molecule has 1 aliphatic carbocycles. The molecule has 1 aliphatic rings. The van der Waals surface area contributed by atoms with E-state index < -0.39 is 0 Å². The molecule has 112 valence electrons. The number of nitrogens with zero attached hydrogens (tertiary/aromatic N) is 2. The Morgan fingerprint density at radius 2 is 2.10 bits per heavy atom. The number of anilines is 1. The highest BCUT2D eigenvalue weighted by Crippen LogP contribution is 2.32. The standard InChI is InChI=1S/C17H29N3/c1-5-8-18-11-16-9-14(4)19-17(10-16)20(13(2)3)12-15-6-7-15/h9-10,13,15,18H,5-8,11-12H2,1-4H3. The van der Waals surface area contributed by atoms with Crippen molar-refractivity contribution in [3.05, 3.63) is 23.4 Å². The van der Waals surface area contributed by atoms with Crippen LogP contribution in [0.4, 0.5) is 5.82 Å². The molecule has 0 aromatic carbocycles. The van der Waals surface area contributed by atoms with Crippen LogP contribution in [0.25, 0.3) is 0 Å². The van der Waals surface area contributed by atoms with Gasteiger partial charge in [-0.05, 0) is 70.2 Å². The van der Waals surface area contributed by atoms with Gasteiger partial charge in [0, 0.05) is 24.8 Å². The molecule has 1 N–H and O–H groups in total. The summed E-state index contributed by atoms with van der Waals surface area (Å²) in [4.78, 5) is 7.23. The summed E-state index contributed by atoms with van der Waals surface area (Å²) in [5, 5.41) is 3.48. The average Bonchev–Trinajstić information content (AvgIpc) is 3.19. The number of hydrogen-bond donors (Lipinski definition) is 1. The third-order valence-corrected chi connectivity index (χ3v) is 3.83. The van der Waals surface area contributed by atoms with Crippen molar-refractivity contribution in [3.8, 4) is 0 Å². The van der Waals surface area contributed by atoms with Crippen molar-refractivity contribution in [2.75, 3.05) is 18.0 Å². The van der Waals surface area contributed by atoms with Gasteiger partial charge in [-0.25, -0.2) is 4.98 Å². The number of pyridine rings is 1. The summed E-state index contributed by atoms with van der Waals surface area (Å²) in [7, 11) is 0. The van der Waals surface area contributed by atoms with E-state index in [0.717, 1.165) is 37.1 Å².